The number of nitrogens with zero attached hydrogens (tertiary/aromatic N) is 1. The number of aliphatic hydroxyl groups excluding tert-OH is 1. The van der Waals surface area contributed by atoms with Gasteiger partial charge in [0.15, 0.2) is 0 Å². The third-order valence-corrected chi connectivity index (χ3v) is 4.87. The van der Waals surface area contributed by atoms with Crippen LogP contribution in [0.1, 0.15) is 93.4 Å². The van der Waals surface area contributed by atoms with Crippen LogP contribution in [0.4, 0.5) is 0 Å². The maximum Gasteiger partial charge on any atom is 0.248 e. The molecular formula is C25H43NO2. The molecule has 0 aliphatic heterocycles. The molecule has 0 rings (SSSR count). The predicted molar refractivity (Wildman–Crippen MR) is 122 cm³/mol. The maximum absolute atomic E-state index is 12.3. The van der Waals surface area contributed by atoms with E-state index in [0.29, 0.717) is 13.0 Å². The molecule has 1 amide bonds. The topological polar surface area (TPSA) is 40.5 Å². The lowest BCUT2D eigenvalue weighted by molar-refractivity contribution is -0.135. The van der Waals surface area contributed by atoms with Gasteiger partial charge in [-0.1, -0.05) is 47.4 Å². The second-order valence-electron chi connectivity index (χ2n) is 8.00. The van der Waals surface area contributed by atoms with Gasteiger partial charge in [-0.3, -0.25) is 4.79 Å². The molecule has 160 valence electrons. The molecule has 0 saturated carbocycles. The Balaban J connectivity index is 4.35. The van der Waals surface area contributed by atoms with E-state index in [1.165, 1.54) is 21.6 Å². The van der Waals surface area contributed by atoms with Crippen molar-refractivity contribution in [2.24, 2.45) is 0 Å². The lowest BCUT2D eigenvalue weighted by Crippen LogP contribution is -2.38. The Labute approximate surface area is 173 Å². The minimum Gasteiger partial charge on any atom is -0.374 e. The fraction of sp³-hybridized carbons (Fsp3) is 0.640. The van der Waals surface area contributed by atoms with Gasteiger partial charge in [-0.25, -0.2) is 0 Å². The van der Waals surface area contributed by atoms with Gasteiger partial charge in [0.1, 0.15) is 6.23 Å². The smallest absolute Gasteiger partial charge is 0.248 e. The highest BCUT2D eigenvalue weighted by atomic mass is 16.3. The zero-order chi connectivity index (χ0) is 21.5. The summed E-state index contributed by atoms with van der Waals surface area (Å²) in [4.78, 5) is 13.8. The highest BCUT2D eigenvalue weighted by molar-refractivity contribution is 5.88. The Kier molecular flexibility index (Phi) is 14.4. The summed E-state index contributed by atoms with van der Waals surface area (Å²) in [6.07, 6.45) is 14.8. The van der Waals surface area contributed by atoms with Gasteiger partial charge in [0.25, 0.3) is 0 Å². The van der Waals surface area contributed by atoms with E-state index in [2.05, 4.69) is 45.9 Å². The van der Waals surface area contributed by atoms with Crippen LogP contribution >= 0.6 is 0 Å². The van der Waals surface area contributed by atoms with Gasteiger partial charge in [0.2, 0.25) is 5.91 Å². The van der Waals surface area contributed by atoms with Crippen LogP contribution in [-0.2, 0) is 4.79 Å². The summed E-state index contributed by atoms with van der Waals surface area (Å²) >= 11 is 0. The molecule has 0 aromatic heterocycles. The van der Waals surface area contributed by atoms with Gasteiger partial charge in [-0.05, 0) is 86.5 Å². The van der Waals surface area contributed by atoms with E-state index < -0.39 is 6.23 Å². The summed E-state index contributed by atoms with van der Waals surface area (Å²) in [6, 6.07) is 0. The molecule has 0 radical (unpaired) electrons. The van der Waals surface area contributed by atoms with Crippen LogP contribution in [0.3, 0.4) is 0 Å². The number of allylic oxidation sites excluding steroid dienone is 7. The Hall–Kier alpha value is -1.61. The van der Waals surface area contributed by atoms with Crippen molar-refractivity contribution < 1.29 is 9.90 Å². The Morgan fingerprint density at radius 2 is 1.29 bits per heavy atom. The van der Waals surface area contributed by atoms with E-state index in [1.54, 1.807) is 6.08 Å². The van der Waals surface area contributed by atoms with Gasteiger partial charge < -0.3 is 10.0 Å². The highest BCUT2D eigenvalue weighted by Gasteiger charge is 2.16. The fourth-order valence-electron chi connectivity index (χ4n) is 2.98. The molecule has 1 atom stereocenters. The van der Waals surface area contributed by atoms with Gasteiger partial charge in [0.05, 0.1) is 0 Å². The van der Waals surface area contributed by atoms with Crippen LogP contribution < -0.4 is 0 Å². The van der Waals surface area contributed by atoms with Crippen molar-refractivity contribution in [3.05, 3.63) is 46.6 Å². The number of amides is 1. The number of hydrogen-bond donors (Lipinski definition) is 1. The van der Waals surface area contributed by atoms with E-state index in [4.69, 9.17) is 0 Å². The monoisotopic (exact) mass is 389 g/mol. The van der Waals surface area contributed by atoms with E-state index >= 15 is 0 Å². The average molecular weight is 390 g/mol. The molecule has 0 aliphatic carbocycles. The first-order chi connectivity index (χ1) is 13.2. The van der Waals surface area contributed by atoms with Crippen molar-refractivity contribution in [1.29, 1.82) is 0 Å². The molecule has 0 aromatic rings. The second kappa shape index (κ2) is 15.3. The Bertz CT molecular complexity index is 577. The van der Waals surface area contributed by atoms with Crippen molar-refractivity contribution in [2.75, 3.05) is 6.54 Å². The van der Waals surface area contributed by atoms with Crippen molar-refractivity contribution in [1.82, 2.24) is 4.90 Å². The Morgan fingerprint density at radius 1 is 0.821 bits per heavy atom. The van der Waals surface area contributed by atoms with Gasteiger partial charge in [-0.2, -0.15) is 0 Å². The van der Waals surface area contributed by atoms with Crippen LogP contribution in [-0.4, -0.2) is 28.7 Å². The molecule has 0 aliphatic rings. The third kappa shape index (κ3) is 12.7. The summed E-state index contributed by atoms with van der Waals surface area (Å²) in [7, 11) is 0. The summed E-state index contributed by atoms with van der Waals surface area (Å²) in [5, 5.41) is 9.90. The SMILES string of the molecule is CCC(O)N(CC)C(=O)C=C(C)CCC=C(C)CCC=C(C)CCC=C(C)C. The average Bonchev–Trinajstić information content (AvgIpc) is 2.61. The first kappa shape index (κ1) is 26.4. The van der Waals surface area contributed by atoms with Crippen LogP contribution in [0.5, 0.6) is 0 Å². The maximum atomic E-state index is 12.3. The highest BCUT2D eigenvalue weighted by Crippen LogP contribution is 2.14. The molecule has 0 heterocycles. The minimum absolute atomic E-state index is 0.0937. The second-order valence-corrected chi connectivity index (χ2v) is 8.00. The van der Waals surface area contributed by atoms with E-state index in [1.807, 2.05) is 20.8 Å². The molecule has 1 unspecified atom stereocenters. The normalized spacial score (nSPS) is 14.1. The molecule has 3 nitrogen and oxygen atoms in total. The van der Waals surface area contributed by atoms with Crippen LogP contribution in [0, 0.1) is 0 Å². The number of carbonyl (C=O) groups excluding carboxylic acids is 1. The number of hydrogen-bond acceptors (Lipinski definition) is 2. The molecule has 0 spiro atoms. The van der Waals surface area contributed by atoms with Gasteiger partial charge >= 0.3 is 0 Å². The number of likely N-dealkylation sites (N-methyl/N-ethyl adjacent to an activating group) is 1. The molecule has 3 heteroatoms. The molecule has 1 N–H and O–H groups in total. The standard InChI is InChI=1S/C25H43NO2/c1-8-24(27)26(9-2)25(28)19-23(7)18-12-17-22(6)16-11-15-21(5)14-10-13-20(3)4/h13,15,17,19,24,27H,8-12,14,16,18H2,1-7H3. The van der Waals surface area contributed by atoms with Crippen molar-refractivity contribution in [2.45, 2.75) is 99.6 Å². The number of rotatable bonds is 13. The molecule has 0 saturated heterocycles. The van der Waals surface area contributed by atoms with E-state index in [9.17, 15) is 9.90 Å². The molecule has 28 heavy (non-hydrogen) atoms. The molecule has 0 bridgehead atoms. The number of aliphatic hydroxyl groups is 1. The number of carbonyl (C=O) groups is 1. The van der Waals surface area contributed by atoms with Crippen LogP contribution in [0.15, 0.2) is 46.6 Å². The van der Waals surface area contributed by atoms with Crippen LogP contribution in [0.25, 0.3) is 0 Å². The molecule has 0 fully saturated rings. The van der Waals surface area contributed by atoms with Crippen molar-refractivity contribution in [3.63, 3.8) is 0 Å². The fourth-order valence-corrected chi connectivity index (χ4v) is 2.98. The first-order valence-electron chi connectivity index (χ1n) is 10.8. The summed E-state index contributed by atoms with van der Waals surface area (Å²) in [6.45, 7) is 15.0. The summed E-state index contributed by atoms with van der Waals surface area (Å²) < 4.78 is 0. The summed E-state index contributed by atoms with van der Waals surface area (Å²) in [5.41, 5.74) is 5.33. The molecule has 0 aromatic carbocycles. The minimum atomic E-state index is -0.692. The van der Waals surface area contributed by atoms with Crippen molar-refractivity contribution >= 4 is 5.91 Å². The van der Waals surface area contributed by atoms with Crippen molar-refractivity contribution in [3.8, 4) is 0 Å². The quantitative estimate of drug-likeness (QED) is 0.216. The zero-order valence-electron chi connectivity index (χ0n) is 19.3. The Morgan fingerprint density at radius 3 is 1.71 bits per heavy atom. The largest absolute Gasteiger partial charge is 0.374 e. The molecular weight excluding hydrogens is 346 g/mol. The zero-order valence-corrected chi connectivity index (χ0v) is 19.3. The third-order valence-electron chi connectivity index (χ3n) is 4.87. The van der Waals surface area contributed by atoms with E-state index in [-0.39, 0.29) is 5.91 Å². The lowest BCUT2D eigenvalue weighted by atomic mass is 10.0. The van der Waals surface area contributed by atoms with Gasteiger partial charge in [0, 0.05) is 12.6 Å². The van der Waals surface area contributed by atoms with Crippen LogP contribution in [0.2, 0.25) is 0 Å². The van der Waals surface area contributed by atoms with E-state index in [0.717, 1.165) is 44.1 Å². The predicted octanol–water partition coefficient (Wildman–Crippen LogP) is 6.71. The first-order valence-corrected chi connectivity index (χ1v) is 10.8. The lowest BCUT2D eigenvalue weighted by Gasteiger charge is -2.24. The van der Waals surface area contributed by atoms with Gasteiger partial charge in [-0.15, -0.1) is 0 Å². The summed E-state index contributed by atoms with van der Waals surface area (Å²) in [5.74, 6) is -0.0937.